The first-order chi connectivity index (χ1) is 11.5. The fourth-order valence-corrected chi connectivity index (χ4v) is 2.76. The van der Waals surface area contributed by atoms with Gasteiger partial charge in [0.1, 0.15) is 11.6 Å². The number of nitrogens with zero attached hydrogens (tertiary/aromatic N) is 1. The molecule has 2 aromatic rings. The summed E-state index contributed by atoms with van der Waals surface area (Å²) in [5.74, 6) is -0.307. The highest BCUT2D eigenvalue weighted by molar-refractivity contribution is 5.79. The van der Waals surface area contributed by atoms with Gasteiger partial charge < -0.3 is 15.1 Å². The molecular formula is C19H20FNO3. The number of halogens is 1. The SMILES string of the molecule is O=C(Cc1cccc(O)c1)N(C[C@H](O)c1ccc(F)cc1)C1CC1. The second kappa shape index (κ2) is 7.01. The van der Waals surface area contributed by atoms with Crippen molar-refractivity contribution in [1.29, 1.82) is 0 Å². The molecule has 0 spiro atoms. The van der Waals surface area contributed by atoms with Crippen LogP contribution in [0.25, 0.3) is 0 Å². The summed E-state index contributed by atoms with van der Waals surface area (Å²) in [6.07, 6.45) is 1.20. The third kappa shape index (κ3) is 4.11. The van der Waals surface area contributed by atoms with Crippen LogP contribution in [0.4, 0.5) is 4.39 Å². The molecule has 4 nitrogen and oxygen atoms in total. The summed E-state index contributed by atoms with van der Waals surface area (Å²) in [7, 11) is 0. The number of carbonyl (C=O) groups excluding carboxylic acids is 1. The zero-order valence-corrected chi connectivity index (χ0v) is 13.2. The zero-order valence-electron chi connectivity index (χ0n) is 13.2. The van der Waals surface area contributed by atoms with Gasteiger partial charge in [0.25, 0.3) is 0 Å². The van der Waals surface area contributed by atoms with E-state index in [1.807, 2.05) is 0 Å². The van der Waals surface area contributed by atoms with Gasteiger partial charge in [0.15, 0.2) is 0 Å². The molecule has 1 fully saturated rings. The minimum atomic E-state index is -0.848. The van der Waals surface area contributed by atoms with Crippen molar-refractivity contribution in [1.82, 2.24) is 4.90 Å². The van der Waals surface area contributed by atoms with Crippen LogP contribution in [0.2, 0.25) is 0 Å². The third-order valence-corrected chi connectivity index (χ3v) is 4.20. The lowest BCUT2D eigenvalue weighted by atomic mass is 10.1. The van der Waals surface area contributed by atoms with Crippen molar-refractivity contribution in [3.05, 3.63) is 65.5 Å². The lowest BCUT2D eigenvalue weighted by Gasteiger charge is -2.25. The van der Waals surface area contributed by atoms with Gasteiger partial charge in [-0.25, -0.2) is 4.39 Å². The first-order valence-corrected chi connectivity index (χ1v) is 8.04. The zero-order chi connectivity index (χ0) is 17.1. The third-order valence-electron chi connectivity index (χ3n) is 4.20. The molecule has 126 valence electrons. The van der Waals surface area contributed by atoms with Gasteiger partial charge in [-0.05, 0) is 48.2 Å². The molecule has 0 aromatic heterocycles. The normalized spacial score (nSPS) is 15.1. The van der Waals surface area contributed by atoms with Crippen molar-refractivity contribution in [3.8, 4) is 5.75 Å². The van der Waals surface area contributed by atoms with E-state index in [4.69, 9.17) is 0 Å². The predicted octanol–water partition coefficient (Wildman–Crippen LogP) is 2.80. The number of benzene rings is 2. The summed E-state index contributed by atoms with van der Waals surface area (Å²) in [6, 6.07) is 12.4. The molecule has 2 N–H and O–H groups in total. The fourth-order valence-electron chi connectivity index (χ4n) is 2.76. The average Bonchev–Trinajstić information content (AvgIpc) is 3.37. The fraction of sp³-hybridized carbons (Fsp3) is 0.316. The molecule has 0 aliphatic heterocycles. The summed E-state index contributed by atoms with van der Waals surface area (Å²) >= 11 is 0. The highest BCUT2D eigenvalue weighted by atomic mass is 19.1. The number of hydrogen-bond donors (Lipinski definition) is 2. The smallest absolute Gasteiger partial charge is 0.227 e. The number of aromatic hydroxyl groups is 1. The second-order valence-electron chi connectivity index (χ2n) is 6.19. The van der Waals surface area contributed by atoms with Gasteiger partial charge in [-0.1, -0.05) is 24.3 Å². The Morgan fingerprint density at radius 2 is 1.92 bits per heavy atom. The van der Waals surface area contributed by atoms with Gasteiger partial charge in [-0.15, -0.1) is 0 Å². The van der Waals surface area contributed by atoms with Crippen LogP contribution in [0, 0.1) is 5.82 Å². The highest BCUT2D eigenvalue weighted by Gasteiger charge is 2.33. The maximum atomic E-state index is 13.0. The summed E-state index contributed by atoms with van der Waals surface area (Å²) in [5, 5.41) is 19.9. The van der Waals surface area contributed by atoms with E-state index in [1.54, 1.807) is 29.2 Å². The van der Waals surface area contributed by atoms with Crippen LogP contribution in [0.5, 0.6) is 5.75 Å². The van der Waals surface area contributed by atoms with Crippen molar-refractivity contribution in [2.45, 2.75) is 31.4 Å². The summed E-state index contributed by atoms with van der Waals surface area (Å²) in [5.41, 5.74) is 1.33. The minimum Gasteiger partial charge on any atom is -0.508 e. The van der Waals surface area contributed by atoms with Gasteiger partial charge in [0.2, 0.25) is 5.91 Å². The Balaban J connectivity index is 1.68. The van der Waals surface area contributed by atoms with Crippen molar-refractivity contribution >= 4 is 5.91 Å². The molecule has 1 amide bonds. The first-order valence-electron chi connectivity index (χ1n) is 8.04. The van der Waals surface area contributed by atoms with E-state index < -0.39 is 6.10 Å². The molecule has 0 bridgehead atoms. The Kier molecular flexibility index (Phi) is 4.81. The molecule has 5 heteroatoms. The Labute approximate surface area is 140 Å². The topological polar surface area (TPSA) is 60.8 Å². The monoisotopic (exact) mass is 329 g/mol. The van der Waals surface area contributed by atoms with E-state index in [0.717, 1.165) is 18.4 Å². The summed E-state index contributed by atoms with van der Waals surface area (Å²) in [4.78, 5) is 14.3. The lowest BCUT2D eigenvalue weighted by Crippen LogP contribution is -2.37. The van der Waals surface area contributed by atoms with Crippen LogP contribution in [0.1, 0.15) is 30.1 Å². The van der Waals surface area contributed by atoms with E-state index in [2.05, 4.69) is 0 Å². The summed E-state index contributed by atoms with van der Waals surface area (Å²) in [6.45, 7) is 0.188. The average molecular weight is 329 g/mol. The van der Waals surface area contributed by atoms with E-state index >= 15 is 0 Å². The van der Waals surface area contributed by atoms with E-state index in [0.29, 0.717) is 5.56 Å². The van der Waals surface area contributed by atoms with Crippen molar-refractivity contribution in [3.63, 3.8) is 0 Å². The van der Waals surface area contributed by atoms with Gasteiger partial charge in [-0.2, -0.15) is 0 Å². The van der Waals surface area contributed by atoms with Crippen molar-refractivity contribution < 1.29 is 19.4 Å². The quantitative estimate of drug-likeness (QED) is 0.857. The van der Waals surface area contributed by atoms with Crippen LogP contribution in [0.15, 0.2) is 48.5 Å². The standard InChI is InChI=1S/C19H20FNO3/c20-15-6-4-14(5-7-15)18(23)12-21(16-8-9-16)19(24)11-13-2-1-3-17(22)10-13/h1-7,10,16,18,22-23H,8-9,11-12H2/t18-/m0/s1. The molecule has 0 unspecified atom stereocenters. The van der Waals surface area contributed by atoms with Crippen LogP contribution in [-0.2, 0) is 11.2 Å². The Morgan fingerprint density at radius 3 is 2.54 bits per heavy atom. The molecule has 2 aromatic carbocycles. The van der Waals surface area contributed by atoms with Crippen LogP contribution in [-0.4, -0.2) is 33.6 Å². The van der Waals surface area contributed by atoms with Crippen LogP contribution in [0.3, 0.4) is 0 Å². The number of amides is 1. The van der Waals surface area contributed by atoms with E-state index in [-0.39, 0.29) is 36.5 Å². The second-order valence-corrected chi connectivity index (χ2v) is 6.19. The molecule has 1 aliphatic carbocycles. The van der Waals surface area contributed by atoms with Crippen molar-refractivity contribution in [2.24, 2.45) is 0 Å². The number of phenolic OH excluding ortho intramolecular Hbond substituents is 1. The molecule has 3 rings (SSSR count). The molecular weight excluding hydrogens is 309 g/mol. The number of aliphatic hydroxyl groups is 1. The molecule has 1 atom stereocenters. The molecule has 0 heterocycles. The number of aliphatic hydroxyl groups excluding tert-OH is 1. The Bertz CT molecular complexity index is 713. The lowest BCUT2D eigenvalue weighted by molar-refractivity contribution is -0.132. The predicted molar refractivity (Wildman–Crippen MR) is 87.9 cm³/mol. The Hall–Kier alpha value is -2.40. The summed E-state index contributed by atoms with van der Waals surface area (Å²) < 4.78 is 13.0. The number of hydrogen-bond acceptors (Lipinski definition) is 3. The number of phenols is 1. The maximum Gasteiger partial charge on any atom is 0.227 e. The molecule has 1 saturated carbocycles. The first kappa shape index (κ1) is 16.5. The van der Waals surface area contributed by atoms with Gasteiger partial charge in [-0.3, -0.25) is 4.79 Å². The van der Waals surface area contributed by atoms with Crippen LogP contribution < -0.4 is 0 Å². The minimum absolute atomic E-state index is 0.0794. The van der Waals surface area contributed by atoms with Crippen LogP contribution >= 0.6 is 0 Å². The molecule has 0 radical (unpaired) electrons. The number of carbonyl (C=O) groups is 1. The Morgan fingerprint density at radius 1 is 1.21 bits per heavy atom. The van der Waals surface area contributed by atoms with Gasteiger partial charge in [0, 0.05) is 6.04 Å². The van der Waals surface area contributed by atoms with E-state index in [1.165, 1.54) is 24.3 Å². The van der Waals surface area contributed by atoms with Gasteiger partial charge in [0.05, 0.1) is 19.1 Å². The molecule has 24 heavy (non-hydrogen) atoms. The van der Waals surface area contributed by atoms with Crippen molar-refractivity contribution in [2.75, 3.05) is 6.54 Å². The highest BCUT2D eigenvalue weighted by Crippen LogP contribution is 2.30. The largest absolute Gasteiger partial charge is 0.508 e. The number of rotatable bonds is 6. The maximum absolute atomic E-state index is 13.0. The molecule has 1 aliphatic rings. The van der Waals surface area contributed by atoms with E-state index in [9.17, 15) is 19.4 Å². The van der Waals surface area contributed by atoms with Gasteiger partial charge >= 0.3 is 0 Å². The molecule has 0 saturated heterocycles.